The number of thioether (sulfide) groups is 1. The summed E-state index contributed by atoms with van der Waals surface area (Å²) >= 11 is 7.83. The van der Waals surface area contributed by atoms with Crippen LogP contribution < -0.4 is 9.88 Å². The molecule has 0 bridgehead atoms. The molecule has 0 aromatic heterocycles. The first-order valence-corrected chi connectivity index (χ1v) is 10.4. The van der Waals surface area contributed by atoms with Crippen molar-refractivity contribution in [2.24, 2.45) is 16.5 Å². The summed E-state index contributed by atoms with van der Waals surface area (Å²) in [5, 5.41) is 5.91. The van der Waals surface area contributed by atoms with Gasteiger partial charge in [0.05, 0.1) is 12.0 Å². The topological polar surface area (TPSA) is 72.6 Å². The Balaban J connectivity index is 1.56. The van der Waals surface area contributed by atoms with Crippen LogP contribution in [0.15, 0.2) is 23.1 Å². The molecule has 1 aliphatic carbocycles. The molecule has 1 atom stereocenters. The molecule has 1 aromatic rings. The molecule has 1 saturated carbocycles. The second-order valence-corrected chi connectivity index (χ2v) is 9.36. The summed E-state index contributed by atoms with van der Waals surface area (Å²) in [6.45, 7) is 1.08. The van der Waals surface area contributed by atoms with Crippen LogP contribution in [0.2, 0.25) is 5.02 Å². The molecule has 1 spiro atoms. The second kappa shape index (κ2) is 6.44. The molecule has 128 valence electrons. The molecule has 2 fully saturated rings. The minimum absolute atomic E-state index is 0.306. The van der Waals surface area contributed by atoms with Gasteiger partial charge < -0.3 is 4.74 Å². The Morgan fingerprint density at radius 2 is 2.13 bits per heavy atom. The summed E-state index contributed by atoms with van der Waals surface area (Å²) in [6.07, 6.45) is 2.98. The van der Waals surface area contributed by atoms with Crippen molar-refractivity contribution in [1.29, 1.82) is 0 Å². The van der Waals surface area contributed by atoms with E-state index in [2.05, 4.69) is 0 Å². The predicted octanol–water partition coefficient (Wildman–Crippen LogP) is 2.75. The van der Waals surface area contributed by atoms with E-state index >= 15 is 0 Å². The molecule has 8 heteroatoms. The van der Waals surface area contributed by atoms with E-state index in [0.29, 0.717) is 29.4 Å². The van der Waals surface area contributed by atoms with Crippen LogP contribution in [0.25, 0.3) is 0 Å². The van der Waals surface area contributed by atoms with Crippen LogP contribution in [0, 0.1) is 11.3 Å². The van der Waals surface area contributed by atoms with Crippen molar-refractivity contribution in [1.82, 2.24) is 4.31 Å². The summed E-state index contributed by atoms with van der Waals surface area (Å²) in [5.41, 5.74) is 0.306. The van der Waals surface area contributed by atoms with E-state index in [1.165, 1.54) is 10.7 Å². The summed E-state index contributed by atoms with van der Waals surface area (Å²) in [7, 11) is -1.88. The van der Waals surface area contributed by atoms with Gasteiger partial charge in [0, 0.05) is 23.9 Å². The molecule has 2 N–H and O–H groups in total. The number of benzene rings is 1. The van der Waals surface area contributed by atoms with Crippen LogP contribution in [0.3, 0.4) is 0 Å². The molecule has 0 amide bonds. The summed E-state index contributed by atoms with van der Waals surface area (Å²) in [6, 6.07) is 5.65. The van der Waals surface area contributed by atoms with Gasteiger partial charge in [-0.15, -0.1) is 11.8 Å². The van der Waals surface area contributed by atoms with Gasteiger partial charge in [-0.2, -0.15) is 12.7 Å². The van der Waals surface area contributed by atoms with E-state index in [1.54, 1.807) is 18.9 Å². The quantitative estimate of drug-likeness (QED) is 0.802. The molecule has 0 unspecified atom stereocenters. The highest BCUT2D eigenvalue weighted by molar-refractivity contribution is 7.99. The standard InChI is InChI=1S/C15H21ClN2O3S2/c1-21-13-3-2-12(16)8-14(13)22-10-11-9-15(11)4-6-18(7-5-15)23(17,19)20/h2-3,8,11H,4-7,9-10H2,1H3,(H2,17,19,20)/t11-/m0/s1. The summed E-state index contributed by atoms with van der Waals surface area (Å²) < 4.78 is 29.5. The third-order valence-corrected chi connectivity index (χ3v) is 7.52. The number of nitrogens with zero attached hydrogens (tertiary/aromatic N) is 1. The highest BCUT2D eigenvalue weighted by Crippen LogP contribution is 2.61. The highest BCUT2D eigenvalue weighted by Gasteiger charge is 2.55. The molecular formula is C15H21ClN2O3S2. The van der Waals surface area contributed by atoms with Crippen molar-refractivity contribution in [3.05, 3.63) is 23.2 Å². The Kier molecular flexibility index (Phi) is 4.86. The maximum absolute atomic E-state index is 11.4. The van der Waals surface area contributed by atoms with Gasteiger partial charge in [-0.1, -0.05) is 11.6 Å². The van der Waals surface area contributed by atoms with Crippen LogP contribution in [-0.4, -0.2) is 38.7 Å². The van der Waals surface area contributed by atoms with E-state index in [4.69, 9.17) is 21.5 Å². The van der Waals surface area contributed by atoms with Crippen LogP contribution in [-0.2, 0) is 10.2 Å². The van der Waals surface area contributed by atoms with Crippen molar-refractivity contribution in [3.63, 3.8) is 0 Å². The smallest absolute Gasteiger partial charge is 0.276 e. The SMILES string of the molecule is COc1ccc(Cl)cc1SC[C@@H]1CC12CCN(S(N)(=O)=O)CC2. The van der Waals surface area contributed by atoms with Gasteiger partial charge in [0.15, 0.2) is 0 Å². The Morgan fingerprint density at radius 1 is 1.43 bits per heavy atom. The van der Waals surface area contributed by atoms with Crippen molar-refractivity contribution in [3.8, 4) is 5.75 Å². The Hall–Kier alpha value is -0.470. The first-order valence-electron chi connectivity index (χ1n) is 7.58. The number of piperidine rings is 1. The maximum Gasteiger partial charge on any atom is 0.276 e. The monoisotopic (exact) mass is 376 g/mol. The van der Waals surface area contributed by atoms with Crippen molar-refractivity contribution < 1.29 is 13.2 Å². The molecule has 1 aromatic carbocycles. The fraction of sp³-hybridized carbons (Fsp3) is 0.600. The highest BCUT2D eigenvalue weighted by atomic mass is 35.5. The number of ether oxygens (including phenoxy) is 1. The first-order chi connectivity index (χ1) is 10.8. The minimum atomic E-state index is -3.54. The lowest BCUT2D eigenvalue weighted by Crippen LogP contribution is -2.43. The van der Waals surface area contributed by atoms with Gasteiger partial charge >= 0.3 is 0 Å². The lowest BCUT2D eigenvalue weighted by atomic mass is 9.92. The Bertz CT molecular complexity index is 688. The lowest BCUT2D eigenvalue weighted by Gasteiger charge is -2.30. The number of rotatable bonds is 5. The van der Waals surface area contributed by atoms with E-state index < -0.39 is 10.2 Å². The lowest BCUT2D eigenvalue weighted by molar-refractivity contribution is 0.245. The Morgan fingerprint density at radius 3 is 2.74 bits per heavy atom. The second-order valence-electron chi connectivity index (χ2n) is 6.31. The van der Waals surface area contributed by atoms with E-state index in [1.807, 2.05) is 18.2 Å². The van der Waals surface area contributed by atoms with Gasteiger partial charge in [-0.3, -0.25) is 0 Å². The van der Waals surface area contributed by atoms with Gasteiger partial charge in [0.2, 0.25) is 0 Å². The van der Waals surface area contributed by atoms with E-state index in [9.17, 15) is 8.42 Å². The molecule has 1 aliphatic heterocycles. The number of nitrogens with two attached hydrogens (primary N) is 1. The molecular weight excluding hydrogens is 356 g/mol. The molecule has 3 rings (SSSR count). The van der Waals surface area contributed by atoms with Gasteiger partial charge in [0.1, 0.15) is 5.75 Å². The van der Waals surface area contributed by atoms with Crippen LogP contribution in [0.1, 0.15) is 19.3 Å². The van der Waals surface area contributed by atoms with Crippen LogP contribution in [0.5, 0.6) is 5.75 Å². The molecule has 0 radical (unpaired) electrons. The van der Waals surface area contributed by atoms with Crippen molar-refractivity contribution in [2.75, 3.05) is 26.0 Å². The van der Waals surface area contributed by atoms with Crippen LogP contribution >= 0.6 is 23.4 Å². The predicted molar refractivity (Wildman–Crippen MR) is 93.2 cm³/mol. The van der Waals surface area contributed by atoms with E-state index in [-0.39, 0.29) is 0 Å². The zero-order valence-corrected chi connectivity index (χ0v) is 15.4. The van der Waals surface area contributed by atoms with Crippen molar-refractivity contribution in [2.45, 2.75) is 24.2 Å². The van der Waals surface area contributed by atoms with Crippen molar-refractivity contribution >= 4 is 33.6 Å². The van der Waals surface area contributed by atoms with E-state index in [0.717, 1.165) is 29.2 Å². The average molecular weight is 377 g/mol. The molecule has 1 saturated heterocycles. The van der Waals surface area contributed by atoms with Gasteiger partial charge in [-0.05, 0) is 48.8 Å². The number of halogens is 1. The first kappa shape index (κ1) is 17.4. The molecule has 2 aliphatic rings. The third kappa shape index (κ3) is 3.79. The Labute approximate surface area is 146 Å². The fourth-order valence-electron chi connectivity index (χ4n) is 3.42. The maximum atomic E-state index is 11.4. The number of methoxy groups -OCH3 is 1. The molecule has 23 heavy (non-hydrogen) atoms. The zero-order chi connectivity index (χ0) is 16.7. The molecule has 5 nitrogen and oxygen atoms in total. The number of hydrogen-bond donors (Lipinski definition) is 1. The van der Waals surface area contributed by atoms with Crippen LogP contribution in [0.4, 0.5) is 0 Å². The average Bonchev–Trinajstić information content (AvgIpc) is 3.17. The molecule has 1 heterocycles. The zero-order valence-electron chi connectivity index (χ0n) is 13.0. The van der Waals surface area contributed by atoms with Gasteiger partial charge in [0.25, 0.3) is 10.2 Å². The third-order valence-electron chi connectivity index (χ3n) is 5.00. The minimum Gasteiger partial charge on any atom is -0.496 e. The van der Waals surface area contributed by atoms with Gasteiger partial charge in [-0.25, -0.2) is 5.14 Å². The fourth-order valence-corrected chi connectivity index (χ4v) is 5.70. The normalized spacial score (nSPS) is 23.9. The summed E-state index contributed by atoms with van der Waals surface area (Å²) in [4.78, 5) is 1.06. The largest absolute Gasteiger partial charge is 0.496 e. The number of hydrogen-bond acceptors (Lipinski definition) is 4. The summed E-state index contributed by atoms with van der Waals surface area (Å²) in [5.74, 6) is 2.48.